The third-order valence-electron chi connectivity index (χ3n) is 1.98. The minimum Gasteiger partial charge on any atom is -0.443 e. The fraction of sp³-hybridized carbons (Fsp3) is 0.364. The Balaban J connectivity index is 2.43. The first-order valence-corrected chi connectivity index (χ1v) is 6.17. The molecule has 0 radical (unpaired) electrons. The number of halogens is 1. The van der Waals surface area contributed by atoms with Gasteiger partial charge in [-0.05, 0) is 49.4 Å². The van der Waals surface area contributed by atoms with Crippen LogP contribution in [0.15, 0.2) is 18.6 Å². The number of hydrogen-bond donors (Lipinski definition) is 0. The van der Waals surface area contributed by atoms with Gasteiger partial charge in [-0.2, -0.15) is 0 Å². The largest absolute Gasteiger partial charge is 0.443 e. The molecule has 17 heavy (non-hydrogen) atoms. The van der Waals surface area contributed by atoms with Crippen molar-refractivity contribution < 1.29 is 9.53 Å². The standard InChI is InChI=1S/C11H12IN3O2/c1-11(2,3)17-10(16)15-6-14-8-7(12)4-5-13-9(8)15/h4-6H,1-3H3. The Labute approximate surface area is 112 Å². The van der Waals surface area contributed by atoms with E-state index in [1.807, 2.05) is 26.8 Å². The van der Waals surface area contributed by atoms with Gasteiger partial charge in [0.15, 0.2) is 5.65 Å². The van der Waals surface area contributed by atoms with Crippen LogP contribution in [0.25, 0.3) is 11.2 Å². The summed E-state index contributed by atoms with van der Waals surface area (Å²) in [6, 6.07) is 1.84. The van der Waals surface area contributed by atoms with Gasteiger partial charge in [0, 0.05) is 9.77 Å². The smallest absolute Gasteiger partial charge is 0.421 e. The molecule has 0 spiro atoms. The topological polar surface area (TPSA) is 57.0 Å². The normalized spacial score (nSPS) is 11.8. The number of ether oxygens (including phenoxy) is 1. The van der Waals surface area contributed by atoms with Gasteiger partial charge >= 0.3 is 6.09 Å². The number of hydrogen-bond acceptors (Lipinski definition) is 4. The molecule has 2 aromatic rings. The molecule has 0 bridgehead atoms. The third kappa shape index (κ3) is 2.56. The molecular weight excluding hydrogens is 333 g/mol. The molecule has 0 aliphatic rings. The second-order valence-electron chi connectivity index (χ2n) is 4.56. The number of carbonyl (C=O) groups is 1. The third-order valence-corrected chi connectivity index (χ3v) is 2.85. The number of rotatable bonds is 0. The highest BCUT2D eigenvalue weighted by Crippen LogP contribution is 2.18. The Hall–Kier alpha value is -1.18. The summed E-state index contributed by atoms with van der Waals surface area (Å²) in [4.78, 5) is 20.2. The molecule has 0 unspecified atom stereocenters. The highest BCUT2D eigenvalue weighted by Gasteiger charge is 2.20. The summed E-state index contributed by atoms with van der Waals surface area (Å²) < 4.78 is 7.55. The maximum absolute atomic E-state index is 11.9. The Morgan fingerprint density at radius 1 is 1.41 bits per heavy atom. The molecule has 0 saturated heterocycles. The summed E-state index contributed by atoms with van der Waals surface area (Å²) in [7, 11) is 0. The first-order valence-electron chi connectivity index (χ1n) is 5.09. The Kier molecular flexibility index (Phi) is 3.07. The molecule has 0 aromatic carbocycles. The summed E-state index contributed by atoms with van der Waals surface area (Å²) in [5, 5.41) is 0. The van der Waals surface area contributed by atoms with Crippen LogP contribution in [0.2, 0.25) is 0 Å². The molecule has 90 valence electrons. The van der Waals surface area contributed by atoms with E-state index in [2.05, 4.69) is 32.6 Å². The first kappa shape index (κ1) is 12.3. The number of pyridine rings is 1. The van der Waals surface area contributed by atoms with Crippen molar-refractivity contribution in [1.82, 2.24) is 14.5 Å². The van der Waals surface area contributed by atoms with E-state index in [1.165, 1.54) is 10.9 Å². The predicted molar refractivity (Wildman–Crippen MR) is 71.9 cm³/mol. The van der Waals surface area contributed by atoms with E-state index in [1.54, 1.807) is 6.20 Å². The minimum atomic E-state index is -0.532. The van der Waals surface area contributed by atoms with E-state index in [4.69, 9.17) is 4.74 Å². The number of fused-ring (bicyclic) bond motifs is 1. The van der Waals surface area contributed by atoms with Crippen LogP contribution in [-0.2, 0) is 4.74 Å². The van der Waals surface area contributed by atoms with Gasteiger partial charge in [-0.3, -0.25) is 0 Å². The van der Waals surface area contributed by atoms with E-state index in [9.17, 15) is 4.79 Å². The lowest BCUT2D eigenvalue weighted by molar-refractivity contribution is 0.0543. The van der Waals surface area contributed by atoms with Crippen LogP contribution < -0.4 is 0 Å². The number of nitrogens with zero attached hydrogens (tertiary/aromatic N) is 3. The zero-order chi connectivity index (χ0) is 12.6. The van der Waals surface area contributed by atoms with Gasteiger partial charge in [0.1, 0.15) is 17.4 Å². The van der Waals surface area contributed by atoms with Gasteiger partial charge in [-0.1, -0.05) is 0 Å². The second kappa shape index (κ2) is 4.25. The summed E-state index contributed by atoms with van der Waals surface area (Å²) in [6.07, 6.45) is 2.62. The maximum Gasteiger partial charge on any atom is 0.421 e. The molecule has 5 nitrogen and oxygen atoms in total. The lowest BCUT2D eigenvalue weighted by atomic mass is 10.2. The van der Waals surface area contributed by atoms with Crippen molar-refractivity contribution in [2.75, 3.05) is 0 Å². The maximum atomic E-state index is 11.9. The molecule has 2 aromatic heterocycles. The summed E-state index contributed by atoms with van der Waals surface area (Å²) >= 11 is 2.16. The monoisotopic (exact) mass is 345 g/mol. The quantitative estimate of drug-likeness (QED) is 0.689. The van der Waals surface area contributed by atoms with Crippen molar-refractivity contribution in [3.05, 3.63) is 22.2 Å². The van der Waals surface area contributed by atoms with E-state index >= 15 is 0 Å². The Morgan fingerprint density at radius 3 is 2.76 bits per heavy atom. The molecule has 0 N–H and O–H groups in total. The van der Waals surface area contributed by atoms with Crippen molar-refractivity contribution in [3.63, 3.8) is 0 Å². The molecule has 0 saturated carbocycles. The average Bonchev–Trinajstić information content (AvgIpc) is 2.60. The SMILES string of the molecule is CC(C)(C)OC(=O)n1cnc2c(I)ccnc21. The molecule has 6 heteroatoms. The minimum absolute atomic E-state index is 0.463. The van der Waals surface area contributed by atoms with Crippen LogP contribution in [0, 0.1) is 3.57 Å². The Morgan fingerprint density at radius 2 is 2.12 bits per heavy atom. The second-order valence-corrected chi connectivity index (χ2v) is 5.72. The Bertz CT molecular complexity index is 572. The van der Waals surface area contributed by atoms with Crippen LogP contribution >= 0.6 is 22.6 Å². The van der Waals surface area contributed by atoms with E-state index < -0.39 is 11.7 Å². The van der Waals surface area contributed by atoms with Crippen LogP contribution in [-0.4, -0.2) is 26.2 Å². The average molecular weight is 345 g/mol. The van der Waals surface area contributed by atoms with Crippen LogP contribution in [0.5, 0.6) is 0 Å². The summed E-state index contributed by atoms with van der Waals surface area (Å²) in [6.45, 7) is 5.46. The highest BCUT2D eigenvalue weighted by atomic mass is 127. The van der Waals surface area contributed by atoms with Gasteiger partial charge in [0.05, 0.1) is 0 Å². The van der Waals surface area contributed by atoms with Gasteiger partial charge in [0.25, 0.3) is 0 Å². The molecule has 0 fully saturated rings. The van der Waals surface area contributed by atoms with Gasteiger partial charge in [-0.25, -0.2) is 19.3 Å². The molecular formula is C11H12IN3O2. The highest BCUT2D eigenvalue weighted by molar-refractivity contribution is 14.1. The van der Waals surface area contributed by atoms with E-state index in [0.29, 0.717) is 11.2 Å². The van der Waals surface area contributed by atoms with E-state index in [0.717, 1.165) is 3.57 Å². The number of aromatic nitrogens is 3. The lowest BCUT2D eigenvalue weighted by Gasteiger charge is -2.19. The van der Waals surface area contributed by atoms with Gasteiger partial charge < -0.3 is 4.74 Å². The zero-order valence-corrected chi connectivity index (χ0v) is 11.9. The van der Waals surface area contributed by atoms with Crippen LogP contribution in [0.1, 0.15) is 20.8 Å². The molecule has 0 aliphatic carbocycles. The fourth-order valence-corrected chi connectivity index (χ4v) is 1.87. The van der Waals surface area contributed by atoms with Crippen molar-refractivity contribution in [2.24, 2.45) is 0 Å². The molecule has 2 heterocycles. The molecule has 0 amide bonds. The fourth-order valence-electron chi connectivity index (χ4n) is 1.33. The first-order chi connectivity index (χ1) is 7.88. The van der Waals surface area contributed by atoms with Crippen molar-refractivity contribution >= 4 is 39.8 Å². The van der Waals surface area contributed by atoms with Crippen LogP contribution in [0.3, 0.4) is 0 Å². The number of imidazole rings is 1. The van der Waals surface area contributed by atoms with Crippen molar-refractivity contribution in [2.45, 2.75) is 26.4 Å². The van der Waals surface area contributed by atoms with Gasteiger partial charge in [-0.15, -0.1) is 0 Å². The predicted octanol–water partition coefficient (Wildman–Crippen LogP) is 2.82. The molecule has 2 rings (SSSR count). The summed E-state index contributed by atoms with van der Waals surface area (Å²) in [5.74, 6) is 0. The van der Waals surface area contributed by atoms with Gasteiger partial charge in [0.2, 0.25) is 0 Å². The van der Waals surface area contributed by atoms with E-state index in [-0.39, 0.29) is 0 Å². The van der Waals surface area contributed by atoms with Crippen molar-refractivity contribution in [3.8, 4) is 0 Å². The summed E-state index contributed by atoms with van der Waals surface area (Å²) in [5.41, 5.74) is 0.695. The molecule has 0 atom stereocenters. The van der Waals surface area contributed by atoms with Crippen LogP contribution in [0.4, 0.5) is 4.79 Å². The lowest BCUT2D eigenvalue weighted by Crippen LogP contribution is -2.26. The number of carbonyl (C=O) groups excluding carboxylic acids is 1. The van der Waals surface area contributed by atoms with Crippen molar-refractivity contribution in [1.29, 1.82) is 0 Å². The molecule has 0 aliphatic heterocycles. The zero-order valence-electron chi connectivity index (χ0n) is 9.77.